The standard InChI is InChI=1S/C16H16O6.C16H16O3.2C16H14O3.CH4/c1-8-2-3-9(14(20)13(8)19)4-6-11(17)10-5-7-12(18)16(22)15(10)21;3*1-11-5-6-12(16(19)9-11)7-8-15(18)13-3-2-4-14(17)10-13;/h2-3,5,7,18-22H,4,6H2,1H3;2-6,9-10,17,19H,7-8H2,1H3;2*2-10,17,19H,1H3;1H4/b;;2*8-7+;. The maximum atomic E-state index is 12.1. The number of phenols is 11. The highest BCUT2D eigenvalue weighted by atomic mass is 16.3. The van der Waals surface area contributed by atoms with E-state index in [0.29, 0.717) is 51.8 Å². The Balaban J connectivity index is 0.000000229. The number of carbonyl (C=O) groups is 4. The number of Topliss-reactive ketones (excluding diaryl/α,β-unsaturated/α-hetero) is 2. The van der Waals surface area contributed by atoms with Crippen LogP contribution in [-0.4, -0.2) is 79.3 Å². The number of hydrogen-bond acceptors (Lipinski definition) is 15. The molecule has 0 fully saturated rings. The van der Waals surface area contributed by atoms with Crippen LogP contribution >= 0.6 is 0 Å². The summed E-state index contributed by atoms with van der Waals surface area (Å²) in [6.45, 7) is 7.30. The summed E-state index contributed by atoms with van der Waals surface area (Å²) < 4.78 is 0. The lowest BCUT2D eigenvalue weighted by atomic mass is 10.00. The molecule has 80 heavy (non-hydrogen) atoms. The Hall–Kier alpha value is -10.3. The summed E-state index contributed by atoms with van der Waals surface area (Å²) in [6.07, 6.45) is 6.76. The van der Waals surface area contributed by atoms with Crippen molar-refractivity contribution >= 4 is 35.3 Å². The number of phenolic OH excluding ortho intramolecular Hbond substituents is 11. The molecular weight excluding hydrogens is 1020 g/mol. The second-order valence-corrected chi connectivity index (χ2v) is 18.2. The third-order valence-electron chi connectivity index (χ3n) is 12.0. The Morgan fingerprint density at radius 3 is 1.27 bits per heavy atom. The van der Waals surface area contributed by atoms with Gasteiger partial charge in [0.2, 0.25) is 5.75 Å². The zero-order valence-corrected chi connectivity index (χ0v) is 43.6. The van der Waals surface area contributed by atoms with Crippen molar-refractivity contribution in [1.29, 1.82) is 0 Å². The van der Waals surface area contributed by atoms with E-state index in [1.165, 1.54) is 54.6 Å². The number of hydrogen-bond donors (Lipinski definition) is 11. The quantitative estimate of drug-likeness (QED) is 0.0274. The van der Waals surface area contributed by atoms with E-state index in [0.717, 1.165) is 28.3 Å². The van der Waals surface area contributed by atoms with E-state index in [1.54, 1.807) is 97.9 Å². The van der Waals surface area contributed by atoms with Gasteiger partial charge < -0.3 is 56.2 Å². The number of aromatic hydroxyl groups is 11. The molecule has 8 aromatic carbocycles. The van der Waals surface area contributed by atoms with E-state index < -0.39 is 23.0 Å². The number of benzene rings is 8. The van der Waals surface area contributed by atoms with E-state index in [4.69, 9.17) is 0 Å². The molecule has 0 saturated carbocycles. The summed E-state index contributed by atoms with van der Waals surface area (Å²) in [6, 6.07) is 40.1. The van der Waals surface area contributed by atoms with E-state index in [1.807, 2.05) is 45.0 Å². The van der Waals surface area contributed by atoms with Gasteiger partial charge >= 0.3 is 0 Å². The molecule has 0 unspecified atom stereocenters. The molecule has 15 nitrogen and oxygen atoms in total. The fourth-order valence-electron chi connectivity index (χ4n) is 7.49. The second-order valence-electron chi connectivity index (χ2n) is 18.2. The molecule has 8 aromatic rings. The van der Waals surface area contributed by atoms with E-state index in [-0.39, 0.29) is 89.2 Å². The van der Waals surface area contributed by atoms with E-state index in [9.17, 15) is 75.3 Å². The van der Waals surface area contributed by atoms with Crippen LogP contribution in [0.5, 0.6) is 63.2 Å². The lowest BCUT2D eigenvalue weighted by Crippen LogP contribution is -2.02. The number of rotatable bonds is 14. The number of aryl methyl sites for hydroxylation is 6. The maximum absolute atomic E-state index is 12.1. The minimum Gasteiger partial charge on any atom is -0.508 e. The Bertz CT molecular complexity index is 3440. The van der Waals surface area contributed by atoms with Crippen LogP contribution in [-0.2, 0) is 12.8 Å². The Morgan fingerprint density at radius 1 is 0.375 bits per heavy atom. The largest absolute Gasteiger partial charge is 0.508 e. The van der Waals surface area contributed by atoms with Crippen molar-refractivity contribution in [3.05, 3.63) is 231 Å². The highest BCUT2D eigenvalue weighted by Gasteiger charge is 2.19. The first-order valence-electron chi connectivity index (χ1n) is 24.5. The molecule has 0 spiro atoms. The number of ketones is 4. The summed E-state index contributed by atoms with van der Waals surface area (Å²) in [4.78, 5) is 47.8. The smallest absolute Gasteiger partial charge is 0.201 e. The average molecular weight is 1090 g/mol. The fraction of sp³-hybridized carbons (Fsp3) is 0.138. The molecular formula is C65H64O15. The minimum absolute atomic E-state index is 0. The van der Waals surface area contributed by atoms with Crippen LogP contribution in [0.3, 0.4) is 0 Å². The first kappa shape index (κ1) is 62.3. The topological polar surface area (TPSA) is 291 Å². The maximum Gasteiger partial charge on any atom is 0.201 e. The summed E-state index contributed by atoms with van der Waals surface area (Å²) in [5.74, 6) is -2.71. The first-order valence-corrected chi connectivity index (χ1v) is 24.5. The zero-order chi connectivity index (χ0) is 57.9. The van der Waals surface area contributed by atoms with Crippen LogP contribution in [0, 0.1) is 27.7 Å². The van der Waals surface area contributed by atoms with Gasteiger partial charge in [-0.25, -0.2) is 0 Å². The lowest BCUT2D eigenvalue weighted by Gasteiger charge is -2.09. The van der Waals surface area contributed by atoms with Crippen molar-refractivity contribution in [3.8, 4) is 63.2 Å². The monoisotopic (exact) mass is 1080 g/mol. The Kier molecular flexibility index (Phi) is 22.8. The summed E-state index contributed by atoms with van der Waals surface area (Å²) in [5, 5.41) is 105. The molecule has 0 aliphatic rings. The minimum atomic E-state index is -0.748. The predicted octanol–water partition coefficient (Wildman–Crippen LogP) is 12.8. The SMILES string of the molecule is C.Cc1ccc(/C=C/C(=O)c2cccc(O)c2)c(O)c1.Cc1ccc(/C=C/C(=O)c2cccc(O)c2)c(O)c1.Cc1ccc(CCC(=O)c2ccc(O)c(O)c2O)c(O)c1O.Cc1ccc(CCC(=O)c2cccc(O)c2)c(O)c1. The third-order valence-corrected chi connectivity index (χ3v) is 12.0. The van der Waals surface area contributed by atoms with Crippen molar-refractivity contribution in [2.75, 3.05) is 0 Å². The summed E-state index contributed by atoms with van der Waals surface area (Å²) in [5.41, 5.74) is 6.93. The molecule has 0 atom stereocenters. The van der Waals surface area contributed by atoms with Gasteiger partial charge in [-0.2, -0.15) is 0 Å². The normalized spacial score (nSPS) is 10.5. The van der Waals surface area contributed by atoms with Gasteiger partial charge in [0.15, 0.2) is 46.1 Å². The molecule has 0 radical (unpaired) electrons. The molecule has 11 N–H and O–H groups in total. The van der Waals surface area contributed by atoms with Crippen LogP contribution in [0.1, 0.15) is 106 Å². The van der Waals surface area contributed by atoms with Crippen LogP contribution in [0.4, 0.5) is 0 Å². The number of carbonyl (C=O) groups excluding carboxylic acids is 4. The summed E-state index contributed by atoms with van der Waals surface area (Å²) in [7, 11) is 0. The lowest BCUT2D eigenvalue weighted by molar-refractivity contribution is 0.0972. The van der Waals surface area contributed by atoms with Gasteiger partial charge in [-0.3, -0.25) is 19.2 Å². The molecule has 0 amide bonds. The van der Waals surface area contributed by atoms with Crippen molar-refractivity contribution < 1.29 is 75.3 Å². The molecule has 0 aromatic heterocycles. The summed E-state index contributed by atoms with van der Waals surface area (Å²) >= 11 is 0. The molecule has 0 aliphatic carbocycles. The van der Waals surface area contributed by atoms with Crippen molar-refractivity contribution in [2.45, 2.75) is 60.8 Å². The zero-order valence-electron chi connectivity index (χ0n) is 43.6. The van der Waals surface area contributed by atoms with E-state index in [2.05, 4.69) is 0 Å². The van der Waals surface area contributed by atoms with Crippen LogP contribution in [0.25, 0.3) is 12.2 Å². The van der Waals surface area contributed by atoms with Crippen molar-refractivity contribution in [1.82, 2.24) is 0 Å². The average Bonchev–Trinajstić information content (AvgIpc) is 3.41. The number of allylic oxidation sites excluding steroid dienone is 2. The van der Waals surface area contributed by atoms with Gasteiger partial charge in [0.1, 0.15) is 34.5 Å². The predicted molar refractivity (Wildman–Crippen MR) is 308 cm³/mol. The van der Waals surface area contributed by atoms with Crippen LogP contribution in [0.2, 0.25) is 0 Å². The molecule has 414 valence electrons. The van der Waals surface area contributed by atoms with Gasteiger partial charge in [-0.05, 0) is 165 Å². The van der Waals surface area contributed by atoms with Gasteiger partial charge in [-0.1, -0.05) is 92.4 Å². The highest BCUT2D eigenvalue weighted by molar-refractivity contribution is 6.08. The first-order chi connectivity index (χ1) is 37.5. The molecule has 0 aliphatic heterocycles. The molecule has 0 heterocycles. The van der Waals surface area contributed by atoms with Gasteiger partial charge in [0.25, 0.3) is 0 Å². The highest BCUT2D eigenvalue weighted by Crippen LogP contribution is 2.38. The molecule has 15 heteroatoms. The van der Waals surface area contributed by atoms with Gasteiger partial charge in [0, 0.05) is 40.7 Å². The fourth-order valence-corrected chi connectivity index (χ4v) is 7.49. The van der Waals surface area contributed by atoms with Gasteiger partial charge in [-0.15, -0.1) is 0 Å². The van der Waals surface area contributed by atoms with Crippen LogP contribution in [0.15, 0.2) is 164 Å². The third kappa shape index (κ3) is 18.2. The van der Waals surface area contributed by atoms with Crippen molar-refractivity contribution in [3.63, 3.8) is 0 Å². The Labute approximate surface area is 463 Å². The Morgan fingerprint density at radius 2 is 0.800 bits per heavy atom. The van der Waals surface area contributed by atoms with Gasteiger partial charge in [0.05, 0.1) is 5.56 Å². The molecule has 8 rings (SSSR count). The van der Waals surface area contributed by atoms with Crippen molar-refractivity contribution in [2.24, 2.45) is 0 Å². The second kappa shape index (κ2) is 29.3. The van der Waals surface area contributed by atoms with Crippen LogP contribution < -0.4 is 0 Å². The molecule has 0 bridgehead atoms. The van der Waals surface area contributed by atoms with E-state index >= 15 is 0 Å². The molecule has 0 saturated heterocycles.